The Morgan fingerprint density at radius 3 is 2.91 bits per heavy atom. The van der Waals surface area contributed by atoms with Gasteiger partial charge in [0.2, 0.25) is 0 Å². The highest BCUT2D eigenvalue weighted by molar-refractivity contribution is 5.92. The Morgan fingerprint density at radius 2 is 2.30 bits per heavy atom. The lowest BCUT2D eigenvalue weighted by Crippen LogP contribution is -2.33. The van der Waals surface area contributed by atoms with Crippen LogP contribution >= 0.6 is 12.4 Å². The first-order chi connectivity index (χ1) is 10.6. The third-order valence-corrected chi connectivity index (χ3v) is 4.91. The van der Waals surface area contributed by atoms with E-state index in [-0.39, 0.29) is 18.3 Å². The lowest BCUT2D eigenvalue weighted by Gasteiger charge is -2.22. The van der Waals surface area contributed by atoms with E-state index in [4.69, 9.17) is 0 Å². The number of rotatable bonds is 6. The predicted molar refractivity (Wildman–Crippen MR) is 94.1 cm³/mol. The minimum absolute atomic E-state index is 0. The molecule has 1 amide bonds. The summed E-state index contributed by atoms with van der Waals surface area (Å²) in [5, 5.41) is 11.0. The van der Waals surface area contributed by atoms with Gasteiger partial charge in [0.25, 0.3) is 5.91 Å². The monoisotopic (exact) mass is 340 g/mol. The minimum atomic E-state index is -0.0300. The van der Waals surface area contributed by atoms with E-state index < -0.39 is 0 Å². The van der Waals surface area contributed by atoms with Gasteiger partial charge in [0, 0.05) is 19.3 Å². The van der Waals surface area contributed by atoms with Gasteiger partial charge >= 0.3 is 0 Å². The number of piperidine rings is 1. The molecule has 0 radical (unpaired) electrons. The zero-order valence-corrected chi connectivity index (χ0v) is 15.0. The van der Waals surface area contributed by atoms with Crippen LogP contribution in [0.25, 0.3) is 0 Å². The van der Waals surface area contributed by atoms with Crippen LogP contribution in [-0.2, 0) is 0 Å². The molecule has 1 aliphatic carbocycles. The Balaban J connectivity index is 0.00000192. The molecule has 0 bridgehead atoms. The van der Waals surface area contributed by atoms with Crippen molar-refractivity contribution in [1.29, 1.82) is 0 Å². The molecule has 5 nitrogen and oxygen atoms in total. The maximum absolute atomic E-state index is 12.3. The maximum Gasteiger partial charge on any atom is 0.271 e. The summed E-state index contributed by atoms with van der Waals surface area (Å²) in [4.78, 5) is 12.3. The van der Waals surface area contributed by atoms with Crippen LogP contribution in [0, 0.1) is 11.3 Å². The highest BCUT2D eigenvalue weighted by Gasteiger charge is 2.42. The lowest BCUT2D eigenvalue weighted by atomic mass is 9.94. The van der Waals surface area contributed by atoms with Crippen LogP contribution in [0.2, 0.25) is 0 Å². The molecule has 0 aromatic carbocycles. The average molecular weight is 341 g/mol. The summed E-state index contributed by atoms with van der Waals surface area (Å²) < 4.78 is 1.95. The number of carbonyl (C=O) groups excluding carboxylic acids is 1. The van der Waals surface area contributed by atoms with E-state index in [0.29, 0.717) is 23.1 Å². The lowest BCUT2D eigenvalue weighted by molar-refractivity contribution is 0.0936. The van der Waals surface area contributed by atoms with Gasteiger partial charge in [0.05, 0.1) is 6.04 Å². The summed E-state index contributed by atoms with van der Waals surface area (Å²) in [6, 6.07) is 2.22. The van der Waals surface area contributed by atoms with Crippen LogP contribution < -0.4 is 10.6 Å². The molecule has 1 aromatic rings. The second-order valence-corrected chi connectivity index (χ2v) is 7.46. The van der Waals surface area contributed by atoms with Crippen LogP contribution in [0.3, 0.4) is 0 Å². The standard InChI is InChI=1S/C17H28N4O.ClH/c1-13(2)10-17(6-7-17)12-19-16(22)15-5-9-21(20-15)14-4-3-8-18-11-14;/h5,9,13-14,18H,3-4,6-8,10-12H2,1-2H3,(H,19,22);1H. The van der Waals surface area contributed by atoms with E-state index in [9.17, 15) is 4.79 Å². The first-order valence-corrected chi connectivity index (χ1v) is 8.62. The third kappa shape index (κ3) is 4.70. The number of halogens is 1. The largest absolute Gasteiger partial charge is 0.350 e. The number of nitrogens with one attached hydrogen (secondary N) is 2. The van der Waals surface area contributed by atoms with Crippen LogP contribution in [0.5, 0.6) is 0 Å². The minimum Gasteiger partial charge on any atom is -0.350 e. The molecule has 6 heteroatoms. The number of nitrogens with zero attached hydrogens (tertiary/aromatic N) is 2. The first-order valence-electron chi connectivity index (χ1n) is 8.62. The Morgan fingerprint density at radius 1 is 1.52 bits per heavy atom. The van der Waals surface area contributed by atoms with Crippen molar-refractivity contribution in [1.82, 2.24) is 20.4 Å². The summed E-state index contributed by atoms with van der Waals surface area (Å²) >= 11 is 0. The topological polar surface area (TPSA) is 59.0 Å². The third-order valence-electron chi connectivity index (χ3n) is 4.91. The van der Waals surface area contributed by atoms with E-state index in [0.717, 1.165) is 26.1 Å². The number of hydrogen-bond donors (Lipinski definition) is 2. The number of carbonyl (C=O) groups is 1. The molecule has 1 unspecified atom stereocenters. The molecule has 2 N–H and O–H groups in total. The van der Waals surface area contributed by atoms with Crippen molar-refractivity contribution in [3.63, 3.8) is 0 Å². The normalized spacial score (nSPS) is 22.5. The van der Waals surface area contributed by atoms with E-state index in [1.54, 1.807) is 0 Å². The summed E-state index contributed by atoms with van der Waals surface area (Å²) in [5.74, 6) is 0.662. The van der Waals surface area contributed by atoms with Gasteiger partial charge < -0.3 is 10.6 Å². The van der Waals surface area contributed by atoms with Crippen LogP contribution in [-0.4, -0.2) is 35.3 Å². The van der Waals surface area contributed by atoms with Gasteiger partial charge in [-0.1, -0.05) is 13.8 Å². The predicted octanol–water partition coefficient (Wildman–Crippen LogP) is 2.79. The highest BCUT2D eigenvalue weighted by Crippen LogP contribution is 2.50. The quantitative estimate of drug-likeness (QED) is 0.837. The molecule has 1 aromatic heterocycles. The Labute approximate surface area is 145 Å². The number of amides is 1. The molecule has 2 heterocycles. The summed E-state index contributed by atoms with van der Waals surface area (Å²) in [7, 11) is 0. The molecule has 0 spiro atoms. The van der Waals surface area contributed by atoms with Crippen molar-refractivity contribution >= 4 is 18.3 Å². The SMILES string of the molecule is CC(C)CC1(CNC(=O)c2ccn(C3CCCNC3)n2)CC1.Cl. The molecular weight excluding hydrogens is 312 g/mol. The fourth-order valence-electron chi connectivity index (χ4n) is 3.58. The molecule has 3 rings (SSSR count). The van der Waals surface area contributed by atoms with Gasteiger partial charge in [-0.25, -0.2) is 0 Å². The molecule has 1 atom stereocenters. The van der Waals surface area contributed by atoms with E-state index in [2.05, 4.69) is 29.6 Å². The maximum atomic E-state index is 12.3. The fraction of sp³-hybridized carbons (Fsp3) is 0.765. The van der Waals surface area contributed by atoms with Crippen molar-refractivity contribution in [3.8, 4) is 0 Å². The Kier molecular flexibility index (Phi) is 6.09. The van der Waals surface area contributed by atoms with Crippen LogP contribution in [0.15, 0.2) is 12.3 Å². The van der Waals surface area contributed by atoms with Gasteiger partial charge in [-0.15, -0.1) is 12.4 Å². The number of aromatic nitrogens is 2. The van der Waals surface area contributed by atoms with Gasteiger partial charge in [-0.05, 0) is 56.0 Å². The van der Waals surface area contributed by atoms with E-state index in [1.165, 1.54) is 25.7 Å². The molecule has 1 saturated heterocycles. The second-order valence-electron chi connectivity index (χ2n) is 7.46. The van der Waals surface area contributed by atoms with Crippen molar-refractivity contribution < 1.29 is 4.79 Å². The van der Waals surface area contributed by atoms with Gasteiger partial charge in [-0.3, -0.25) is 9.48 Å². The van der Waals surface area contributed by atoms with Crippen molar-refractivity contribution in [2.75, 3.05) is 19.6 Å². The highest BCUT2D eigenvalue weighted by atomic mass is 35.5. The molecule has 23 heavy (non-hydrogen) atoms. The molecule has 2 fully saturated rings. The van der Waals surface area contributed by atoms with Crippen LogP contribution in [0.4, 0.5) is 0 Å². The van der Waals surface area contributed by atoms with Gasteiger partial charge in [0.15, 0.2) is 0 Å². The second kappa shape index (κ2) is 7.67. The fourth-order valence-corrected chi connectivity index (χ4v) is 3.58. The zero-order valence-electron chi connectivity index (χ0n) is 14.2. The summed E-state index contributed by atoms with van der Waals surface area (Å²) in [6.45, 7) is 7.33. The van der Waals surface area contributed by atoms with Gasteiger partial charge in [-0.2, -0.15) is 5.10 Å². The Bertz CT molecular complexity index is 518. The van der Waals surface area contributed by atoms with Crippen molar-refractivity contribution in [3.05, 3.63) is 18.0 Å². The van der Waals surface area contributed by atoms with Crippen molar-refractivity contribution in [2.24, 2.45) is 11.3 Å². The average Bonchev–Trinajstić information content (AvgIpc) is 3.09. The van der Waals surface area contributed by atoms with Crippen molar-refractivity contribution in [2.45, 2.75) is 52.0 Å². The molecule has 1 saturated carbocycles. The van der Waals surface area contributed by atoms with E-state index in [1.807, 2.05) is 16.9 Å². The zero-order chi connectivity index (χ0) is 15.6. The smallest absolute Gasteiger partial charge is 0.271 e. The molecule has 2 aliphatic rings. The summed E-state index contributed by atoms with van der Waals surface area (Å²) in [5.41, 5.74) is 0.908. The molecular formula is C17H29ClN4O. The first kappa shape index (κ1) is 18.3. The molecule has 130 valence electrons. The molecule has 1 aliphatic heterocycles. The summed E-state index contributed by atoms with van der Waals surface area (Å²) in [6.07, 6.45) is 7.93. The number of hydrogen-bond acceptors (Lipinski definition) is 3. The Hall–Kier alpha value is -1.07. The van der Waals surface area contributed by atoms with E-state index >= 15 is 0 Å². The van der Waals surface area contributed by atoms with Crippen LogP contribution in [0.1, 0.15) is 62.5 Å². The van der Waals surface area contributed by atoms with Gasteiger partial charge in [0.1, 0.15) is 5.69 Å².